The van der Waals surface area contributed by atoms with Crippen LogP contribution in [0.4, 0.5) is 0 Å². The molecule has 2 saturated heterocycles. The van der Waals surface area contributed by atoms with Gasteiger partial charge in [-0.1, -0.05) is 24.1 Å². The van der Waals surface area contributed by atoms with Gasteiger partial charge in [0.2, 0.25) is 0 Å². The molecule has 4 rings (SSSR count). The van der Waals surface area contributed by atoms with Gasteiger partial charge < -0.3 is 24.1 Å². The summed E-state index contributed by atoms with van der Waals surface area (Å²) in [6.07, 6.45) is 5.48. The zero-order chi connectivity index (χ0) is 21.7. The maximum atomic E-state index is 12.5. The van der Waals surface area contributed by atoms with Crippen molar-refractivity contribution in [2.24, 2.45) is 10.8 Å². The molecule has 2 aliphatic carbocycles. The number of rotatable bonds is 6. The predicted octanol–water partition coefficient (Wildman–Crippen LogP) is 2.46. The topological polar surface area (TPSA) is 94.6 Å². The third-order valence-corrected chi connectivity index (χ3v) is 7.87. The lowest BCUT2D eigenvalue weighted by molar-refractivity contribution is -0.232. The Hall–Kier alpha value is -1.70. The SMILES string of the molecule is CC(=O)OC1CC2OC3C=C(C)CCC3(COC(=O)C=C(C)CCO)C1(C)C21CO1. The number of allylic oxidation sites excluding steroid dienone is 1. The molecule has 1 spiro atoms. The summed E-state index contributed by atoms with van der Waals surface area (Å²) in [6.45, 7) is 8.15. The summed E-state index contributed by atoms with van der Waals surface area (Å²) in [4.78, 5) is 24.4. The molecule has 0 aromatic heterocycles. The van der Waals surface area contributed by atoms with E-state index < -0.39 is 22.4 Å². The summed E-state index contributed by atoms with van der Waals surface area (Å²) < 4.78 is 24.1. The highest BCUT2D eigenvalue weighted by Crippen LogP contribution is 2.72. The zero-order valence-corrected chi connectivity index (χ0v) is 18.2. The Balaban J connectivity index is 1.68. The minimum absolute atomic E-state index is 0.0110. The molecule has 30 heavy (non-hydrogen) atoms. The highest BCUT2D eigenvalue weighted by Gasteiger charge is 2.83. The molecule has 0 radical (unpaired) electrons. The average Bonchev–Trinajstić information content (AvgIpc) is 3.44. The van der Waals surface area contributed by atoms with Crippen molar-refractivity contribution in [1.29, 1.82) is 0 Å². The van der Waals surface area contributed by atoms with Crippen LogP contribution in [0.1, 0.15) is 53.4 Å². The van der Waals surface area contributed by atoms with Gasteiger partial charge in [0.15, 0.2) is 0 Å². The first kappa shape index (κ1) is 21.5. The number of fused-ring (bicyclic) bond motifs is 2. The van der Waals surface area contributed by atoms with Crippen molar-refractivity contribution in [1.82, 2.24) is 0 Å². The quantitative estimate of drug-likeness (QED) is 0.305. The van der Waals surface area contributed by atoms with Gasteiger partial charge in [0.1, 0.15) is 18.3 Å². The van der Waals surface area contributed by atoms with Crippen molar-refractivity contribution in [3.63, 3.8) is 0 Å². The third-order valence-electron chi connectivity index (χ3n) is 7.87. The van der Waals surface area contributed by atoms with Gasteiger partial charge in [-0.25, -0.2) is 4.79 Å². The summed E-state index contributed by atoms with van der Waals surface area (Å²) in [7, 11) is 0. The summed E-state index contributed by atoms with van der Waals surface area (Å²) in [5.41, 5.74) is 0.436. The monoisotopic (exact) mass is 420 g/mol. The van der Waals surface area contributed by atoms with E-state index in [-0.39, 0.29) is 37.5 Å². The van der Waals surface area contributed by atoms with Crippen molar-refractivity contribution in [3.05, 3.63) is 23.3 Å². The fourth-order valence-electron chi connectivity index (χ4n) is 6.03. The van der Waals surface area contributed by atoms with Crippen molar-refractivity contribution >= 4 is 11.9 Å². The highest BCUT2D eigenvalue weighted by molar-refractivity contribution is 5.82. The Morgan fingerprint density at radius 3 is 2.73 bits per heavy atom. The minimum Gasteiger partial charge on any atom is -0.462 e. The molecule has 0 amide bonds. The number of carbonyl (C=O) groups excluding carboxylic acids is 2. The molecule has 4 aliphatic rings. The van der Waals surface area contributed by atoms with E-state index >= 15 is 0 Å². The minimum atomic E-state index is -0.551. The number of esters is 2. The second-order valence-electron chi connectivity index (χ2n) is 9.50. The standard InChI is InChI=1S/C23H32O7/c1-14-5-7-22(12-27-20(26)10-15(2)6-8-24)18(9-14)30-19-11-17(29-16(3)25)21(22,4)23(19)13-28-23/h9-10,17-19,24H,5-8,11-13H2,1-4H3. The van der Waals surface area contributed by atoms with Crippen LogP contribution in [0.25, 0.3) is 0 Å². The smallest absolute Gasteiger partial charge is 0.330 e. The van der Waals surface area contributed by atoms with Crippen LogP contribution in [0.5, 0.6) is 0 Å². The maximum Gasteiger partial charge on any atom is 0.330 e. The van der Waals surface area contributed by atoms with E-state index in [4.69, 9.17) is 24.1 Å². The summed E-state index contributed by atoms with van der Waals surface area (Å²) >= 11 is 0. The molecule has 7 nitrogen and oxygen atoms in total. The molecule has 166 valence electrons. The molecule has 2 heterocycles. The third kappa shape index (κ3) is 3.05. The molecule has 2 bridgehead atoms. The summed E-state index contributed by atoms with van der Waals surface area (Å²) in [6, 6.07) is 0. The highest BCUT2D eigenvalue weighted by atomic mass is 16.6. The number of ether oxygens (including phenoxy) is 4. The number of aliphatic hydroxyl groups is 1. The molecular weight excluding hydrogens is 388 g/mol. The van der Waals surface area contributed by atoms with Gasteiger partial charge in [0, 0.05) is 31.4 Å². The van der Waals surface area contributed by atoms with E-state index in [2.05, 4.69) is 19.9 Å². The Labute approximate surface area is 177 Å². The average molecular weight is 421 g/mol. The van der Waals surface area contributed by atoms with E-state index in [1.807, 2.05) is 0 Å². The molecule has 2 aliphatic heterocycles. The van der Waals surface area contributed by atoms with Crippen LogP contribution in [0.3, 0.4) is 0 Å². The van der Waals surface area contributed by atoms with E-state index in [9.17, 15) is 9.59 Å². The van der Waals surface area contributed by atoms with Gasteiger partial charge >= 0.3 is 11.9 Å². The Morgan fingerprint density at radius 2 is 2.10 bits per heavy atom. The van der Waals surface area contributed by atoms with Crippen LogP contribution in [0, 0.1) is 10.8 Å². The van der Waals surface area contributed by atoms with Crippen LogP contribution in [0.15, 0.2) is 23.3 Å². The van der Waals surface area contributed by atoms with Gasteiger partial charge in [-0.15, -0.1) is 0 Å². The van der Waals surface area contributed by atoms with E-state index in [0.717, 1.165) is 18.4 Å². The lowest BCUT2D eigenvalue weighted by atomic mass is 9.51. The molecular formula is C23H32O7. The Morgan fingerprint density at radius 1 is 1.37 bits per heavy atom. The van der Waals surface area contributed by atoms with Crippen molar-refractivity contribution < 1.29 is 33.6 Å². The molecule has 7 heteroatoms. The van der Waals surface area contributed by atoms with Gasteiger partial charge in [0.25, 0.3) is 0 Å². The molecule has 3 fully saturated rings. The lowest BCUT2D eigenvalue weighted by Crippen LogP contribution is -2.66. The van der Waals surface area contributed by atoms with Gasteiger partial charge in [0.05, 0.1) is 24.2 Å². The number of aliphatic hydroxyl groups excluding tert-OH is 1. The maximum absolute atomic E-state index is 12.5. The first-order valence-electron chi connectivity index (χ1n) is 10.8. The van der Waals surface area contributed by atoms with Crippen LogP contribution in [-0.4, -0.2) is 60.8 Å². The fourth-order valence-corrected chi connectivity index (χ4v) is 6.03. The first-order valence-corrected chi connectivity index (χ1v) is 10.8. The molecule has 6 atom stereocenters. The second kappa shape index (κ2) is 7.46. The lowest BCUT2D eigenvalue weighted by Gasteiger charge is -2.58. The Kier molecular flexibility index (Phi) is 5.36. The molecule has 1 saturated carbocycles. The van der Waals surface area contributed by atoms with Crippen LogP contribution >= 0.6 is 0 Å². The molecule has 1 N–H and O–H groups in total. The Bertz CT molecular complexity index is 795. The number of carbonyl (C=O) groups is 2. The zero-order valence-electron chi connectivity index (χ0n) is 18.2. The van der Waals surface area contributed by atoms with Gasteiger partial charge in [-0.2, -0.15) is 0 Å². The number of epoxide rings is 1. The normalized spacial score (nSPS) is 41.8. The van der Waals surface area contributed by atoms with E-state index in [1.54, 1.807) is 6.92 Å². The molecule has 6 unspecified atom stereocenters. The second-order valence-corrected chi connectivity index (χ2v) is 9.50. The van der Waals surface area contributed by atoms with E-state index in [1.165, 1.54) is 18.6 Å². The van der Waals surface area contributed by atoms with Crippen LogP contribution < -0.4 is 0 Å². The predicted molar refractivity (Wildman–Crippen MR) is 107 cm³/mol. The van der Waals surface area contributed by atoms with Gasteiger partial charge in [-0.05, 0) is 33.1 Å². The number of hydrogen-bond acceptors (Lipinski definition) is 7. The van der Waals surface area contributed by atoms with Crippen molar-refractivity contribution in [2.75, 3.05) is 19.8 Å². The van der Waals surface area contributed by atoms with Crippen LogP contribution in [-0.2, 0) is 28.5 Å². The summed E-state index contributed by atoms with van der Waals surface area (Å²) in [5, 5.41) is 9.06. The first-order chi connectivity index (χ1) is 14.2. The van der Waals surface area contributed by atoms with Crippen LogP contribution in [0.2, 0.25) is 0 Å². The fraction of sp³-hybridized carbons (Fsp3) is 0.739. The number of hydrogen-bond donors (Lipinski definition) is 1. The van der Waals surface area contributed by atoms with Crippen molar-refractivity contribution in [2.45, 2.75) is 77.3 Å². The van der Waals surface area contributed by atoms with E-state index in [0.29, 0.717) is 19.4 Å². The summed E-state index contributed by atoms with van der Waals surface area (Å²) in [5.74, 6) is -0.753. The van der Waals surface area contributed by atoms with Gasteiger partial charge in [-0.3, -0.25) is 4.79 Å². The molecule has 0 aromatic carbocycles. The largest absolute Gasteiger partial charge is 0.462 e. The van der Waals surface area contributed by atoms with Crippen molar-refractivity contribution in [3.8, 4) is 0 Å². The molecule has 0 aromatic rings.